The topological polar surface area (TPSA) is 20.3 Å². The van der Waals surface area contributed by atoms with Crippen LogP contribution in [0.15, 0.2) is 60.7 Å². The van der Waals surface area contributed by atoms with Gasteiger partial charge in [-0.1, -0.05) is 114 Å². The molecule has 31 heavy (non-hydrogen) atoms. The van der Waals surface area contributed by atoms with Crippen LogP contribution in [0.3, 0.4) is 0 Å². The highest BCUT2D eigenvalue weighted by atomic mass is 31.2. The molecular weight excluding hydrogens is 397 g/mol. The average molecular weight is 442 g/mol. The van der Waals surface area contributed by atoms with Gasteiger partial charge in [0, 0.05) is 23.7 Å². The van der Waals surface area contributed by atoms with Crippen LogP contribution in [-0.2, 0) is 4.57 Å². The molecule has 0 fully saturated rings. The number of unbranched alkanes of at least 4 members (excludes halogenated alkanes) is 10. The van der Waals surface area contributed by atoms with E-state index in [0.717, 1.165) is 36.5 Å². The highest BCUT2D eigenvalue weighted by molar-refractivity contribution is 7.76. The van der Waals surface area contributed by atoms with E-state index in [1.807, 2.05) is 36.4 Å². The van der Waals surface area contributed by atoms with Crippen molar-refractivity contribution in [2.24, 2.45) is 0 Å². The third-order valence-electron chi connectivity index (χ3n) is 6.15. The van der Waals surface area contributed by atoms with Crippen molar-refractivity contribution in [3.05, 3.63) is 60.7 Å². The van der Waals surface area contributed by atoms with E-state index in [9.17, 15) is 4.57 Å². The molecule has 2 rings (SSSR count). The summed E-state index contributed by atoms with van der Waals surface area (Å²) in [5.41, 5.74) is 0. The van der Waals surface area contributed by atoms with E-state index in [1.165, 1.54) is 64.2 Å². The molecule has 0 atom stereocenters. The molecule has 3 heteroatoms. The fraction of sp³-hybridized carbons (Fsp3) is 0.571. The van der Waals surface area contributed by atoms with Gasteiger partial charge in [-0.25, -0.2) is 4.67 Å². The first-order valence-corrected chi connectivity index (χ1v) is 14.4. The molecule has 0 radical (unpaired) electrons. The van der Waals surface area contributed by atoms with Crippen molar-refractivity contribution in [1.82, 2.24) is 4.67 Å². The van der Waals surface area contributed by atoms with E-state index in [-0.39, 0.29) is 0 Å². The number of benzene rings is 2. The molecule has 0 bridgehead atoms. The normalized spacial score (nSPS) is 11.8. The van der Waals surface area contributed by atoms with E-state index in [0.29, 0.717) is 0 Å². The van der Waals surface area contributed by atoms with Gasteiger partial charge in [-0.3, -0.25) is 4.57 Å². The maximum absolute atomic E-state index is 14.8. The summed E-state index contributed by atoms with van der Waals surface area (Å²) in [6.45, 7) is 6.36. The molecule has 0 spiro atoms. The van der Waals surface area contributed by atoms with Crippen LogP contribution in [0.1, 0.15) is 90.9 Å². The van der Waals surface area contributed by atoms with Crippen LogP contribution in [0, 0.1) is 0 Å². The zero-order valence-electron chi connectivity index (χ0n) is 20.0. The molecule has 0 saturated heterocycles. The van der Waals surface area contributed by atoms with Crippen LogP contribution in [0.25, 0.3) is 0 Å². The quantitative estimate of drug-likeness (QED) is 0.183. The predicted molar refractivity (Wildman–Crippen MR) is 138 cm³/mol. The summed E-state index contributed by atoms with van der Waals surface area (Å²) in [7, 11) is -2.82. The van der Waals surface area contributed by atoms with Crippen molar-refractivity contribution in [2.45, 2.75) is 90.9 Å². The lowest BCUT2D eigenvalue weighted by Gasteiger charge is -2.33. The first-order chi connectivity index (χ1) is 15.2. The molecular formula is C28H44NOP. The smallest absolute Gasteiger partial charge is 0.207 e. The van der Waals surface area contributed by atoms with Gasteiger partial charge in [0.1, 0.15) is 0 Å². The molecule has 2 nitrogen and oxygen atoms in total. The van der Waals surface area contributed by atoms with E-state index >= 15 is 0 Å². The van der Waals surface area contributed by atoms with E-state index in [4.69, 9.17) is 0 Å². The minimum atomic E-state index is -2.82. The van der Waals surface area contributed by atoms with Crippen molar-refractivity contribution in [2.75, 3.05) is 13.1 Å². The Morgan fingerprint density at radius 1 is 0.548 bits per heavy atom. The second-order valence-corrected chi connectivity index (χ2v) is 11.5. The Bertz CT molecular complexity index is 672. The zero-order chi connectivity index (χ0) is 22.2. The molecule has 0 N–H and O–H groups in total. The van der Waals surface area contributed by atoms with Crippen LogP contribution < -0.4 is 10.6 Å². The van der Waals surface area contributed by atoms with Crippen molar-refractivity contribution < 1.29 is 4.57 Å². The molecule has 2 aromatic carbocycles. The van der Waals surface area contributed by atoms with Gasteiger partial charge < -0.3 is 0 Å². The summed E-state index contributed by atoms with van der Waals surface area (Å²) >= 11 is 0. The Labute approximate surface area is 191 Å². The van der Waals surface area contributed by atoms with Crippen molar-refractivity contribution in [1.29, 1.82) is 0 Å². The van der Waals surface area contributed by atoms with Gasteiger partial charge in [0.05, 0.1) is 0 Å². The molecule has 0 unspecified atom stereocenters. The first-order valence-electron chi connectivity index (χ1n) is 12.7. The Kier molecular flexibility index (Phi) is 12.9. The van der Waals surface area contributed by atoms with Crippen molar-refractivity contribution >= 4 is 17.9 Å². The predicted octanol–water partition coefficient (Wildman–Crippen LogP) is 7.94. The highest BCUT2D eigenvalue weighted by Crippen LogP contribution is 2.47. The Hall–Kier alpha value is -1.37. The second kappa shape index (κ2) is 15.4. The molecule has 0 aliphatic rings. The standard InChI is InChI=1S/C28H44NOP/c1-3-5-7-9-11-19-25-29(26-20-12-10-8-6-4-2)31(30,27-21-15-13-16-22-27)28-23-17-14-18-24-28/h13-18,21-24H,3-12,19-20,25-26H2,1-2H3. The molecule has 0 aromatic heterocycles. The van der Waals surface area contributed by atoms with Gasteiger partial charge in [-0.05, 0) is 37.1 Å². The van der Waals surface area contributed by atoms with Crippen LogP contribution in [-0.4, -0.2) is 17.8 Å². The zero-order valence-corrected chi connectivity index (χ0v) is 20.9. The number of nitrogens with zero attached hydrogens (tertiary/aromatic N) is 1. The third-order valence-corrected chi connectivity index (χ3v) is 9.34. The first kappa shape index (κ1) is 25.9. The number of rotatable bonds is 17. The van der Waals surface area contributed by atoms with Crippen molar-refractivity contribution in [3.63, 3.8) is 0 Å². The molecule has 0 heterocycles. The SMILES string of the molecule is CCCCCCCCN(CCCCCCCC)P(=O)(c1ccccc1)c1ccccc1. The molecule has 0 amide bonds. The second-order valence-electron chi connectivity index (χ2n) is 8.74. The van der Waals surface area contributed by atoms with Gasteiger partial charge in [0.15, 0.2) is 0 Å². The van der Waals surface area contributed by atoms with Crippen LogP contribution >= 0.6 is 7.29 Å². The van der Waals surface area contributed by atoms with Crippen LogP contribution in [0.4, 0.5) is 0 Å². The summed E-state index contributed by atoms with van der Waals surface area (Å²) in [6.07, 6.45) is 15.2. The lowest BCUT2D eigenvalue weighted by molar-refractivity contribution is 0.391. The summed E-state index contributed by atoms with van der Waals surface area (Å²) < 4.78 is 17.1. The maximum atomic E-state index is 14.8. The Morgan fingerprint density at radius 3 is 1.29 bits per heavy atom. The molecule has 2 aromatic rings. The fourth-order valence-corrected chi connectivity index (χ4v) is 7.23. The van der Waals surface area contributed by atoms with E-state index < -0.39 is 7.29 Å². The Morgan fingerprint density at radius 2 is 0.903 bits per heavy atom. The summed E-state index contributed by atoms with van der Waals surface area (Å²) in [5, 5.41) is 1.94. The summed E-state index contributed by atoms with van der Waals surface area (Å²) in [4.78, 5) is 0. The summed E-state index contributed by atoms with van der Waals surface area (Å²) in [6, 6.07) is 20.4. The largest absolute Gasteiger partial charge is 0.296 e. The van der Waals surface area contributed by atoms with Gasteiger partial charge in [0.2, 0.25) is 7.29 Å². The van der Waals surface area contributed by atoms with Crippen molar-refractivity contribution in [3.8, 4) is 0 Å². The Balaban J connectivity index is 2.16. The number of hydrogen-bond acceptors (Lipinski definition) is 1. The molecule has 0 aliphatic heterocycles. The molecule has 0 aliphatic carbocycles. The third kappa shape index (κ3) is 8.59. The average Bonchev–Trinajstić information content (AvgIpc) is 2.82. The summed E-state index contributed by atoms with van der Waals surface area (Å²) in [5.74, 6) is 0. The molecule has 0 saturated carbocycles. The van der Waals surface area contributed by atoms with E-state index in [1.54, 1.807) is 0 Å². The number of hydrogen-bond donors (Lipinski definition) is 0. The van der Waals surface area contributed by atoms with Gasteiger partial charge in [-0.15, -0.1) is 0 Å². The highest BCUT2D eigenvalue weighted by Gasteiger charge is 2.33. The minimum Gasteiger partial charge on any atom is -0.296 e. The van der Waals surface area contributed by atoms with E-state index in [2.05, 4.69) is 42.8 Å². The maximum Gasteiger partial charge on any atom is 0.207 e. The van der Waals surface area contributed by atoms with Gasteiger partial charge in [-0.2, -0.15) is 0 Å². The fourth-order valence-electron chi connectivity index (χ4n) is 4.28. The lowest BCUT2D eigenvalue weighted by Crippen LogP contribution is -2.34. The lowest BCUT2D eigenvalue weighted by atomic mass is 10.1. The molecule has 172 valence electrons. The minimum absolute atomic E-state index is 0.919. The van der Waals surface area contributed by atoms with Gasteiger partial charge >= 0.3 is 0 Å². The van der Waals surface area contributed by atoms with Crippen LogP contribution in [0.5, 0.6) is 0 Å². The monoisotopic (exact) mass is 441 g/mol. The van der Waals surface area contributed by atoms with Crippen LogP contribution in [0.2, 0.25) is 0 Å². The van der Waals surface area contributed by atoms with Gasteiger partial charge in [0.25, 0.3) is 0 Å².